The summed E-state index contributed by atoms with van der Waals surface area (Å²) < 4.78 is 39.8. The molecule has 0 fully saturated rings. The third kappa shape index (κ3) is 3.06. The van der Waals surface area contributed by atoms with Gasteiger partial charge < -0.3 is 0 Å². The number of hydrogen-bond donors (Lipinski definition) is 2. The minimum atomic E-state index is -4.22. The molecule has 0 saturated carbocycles. The Bertz CT molecular complexity index is 787. The van der Waals surface area contributed by atoms with Crippen molar-refractivity contribution in [2.45, 2.75) is 18.4 Å². The first-order valence-corrected chi connectivity index (χ1v) is 7.22. The molecule has 0 unspecified atom stereocenters. The number of aromatic amines is 1. The number of para-hydroxylation sites is 1. The lowest BCUT2D eigenvalue weighted by atomic mass is 10.3. The molecular weight excluding hydrogens is 303 g/mol. The predicted molar refractivity (Wildman–Crippen MR) is 70.4 cm³/mol. The van der Waals surface area contributed by atoms with E-state index in [1.54, 1.807) is 6.92 Å². The van der Waals surface area contributed by atoms with E-state index in [1.807, 2.05) is 0 Å². The average molecular weight is 314 g/mol. The van der Waals surface area contributed by atoms with E-state index in [-0.39, 0.29) is 6.54 Å². The van der Waals surface area contributed by atoms with Crippen LogP contribution in [0.1, 0.15) is 11.3 Å². The van der Waals surface area contributed by atoms with Gasteiger partial charge in [0.05, 0.1) is 11.1 Å². The molecule has 0 aliphatic rings. The lowest BCUT2D eigenvalue weighted by Gasteiger charge is -2.07. The van der Waals surface area contributed by atoms with Crippen molar-refractivity contribution in [3.63, 3.8) is 0 Å². The lowest BCUT2D eigenvalue weighted by Crippen LogP contribution is -2.24. The zero-order valence-corrected chi connectivity index (χ0v) is 11.6. The number of rotatable bonds is 5. The second-order valence-electron chi connectivity index (χ2n) is 4.19. The third-order valence-electron chi connectivity index (χ3n) is 2.81. The fourth-order valence-corrected chi connectivity index (χ4v) is 2.88. The van der Waals surface area contributed by atoms with Crippen molar-refractivity contribution in [1.29, 1.82) is 0 Å². The van der Waals surface area contributed by atoms with Gasteiger partial charge in [-0.2, -0.15) is 9.49 Å². The Morgan fingerprint density at radius 2 is 2.19 bits per heavy atom. The first kappa shape index (κ1) is 15.1. The van der Waals surface area contributed by atoms with Crippen LogP contribution in [0.15, 0.2) is 29.3 Å². The van der Waals surface area contributed by atoms with Gasteiger partial charge in [0.15, 0.2) is 4.90 Å². The Labute approximate surface area is 119 Å². The number of H-pyrrole nitrogens is 1. The summed E-state index contributed by atoms with van der Waals surface area (Å²) in [5.41, 5.74) is 0.165. The Morgan fingerprint density at radius 1 is 1.48 bits per heavy atom. The van der Waals surface area contributed by atoms with Crippen LogP contribution < -0.4 is 4.72 Å². The number of hydrogen-bond acceptors (Lipinski definition) is 5. The average Bonchev–Trinajstić information content (AvgIpc) is 2.81. The monoisotopic (exact) mass is 314 g/mol. The summed E-state index contributed by atoms with van der Waals surface area (Å²) in [6, 6.07) is 2.91. The number of nitrogens with zero attached hydrogens (tertiary/aromatic N) is 2. The van der Waals surface area contributed by atoms with Crippen LogP contribution in [0.3, 0.4) is 0 Å². The summed E-state index contributed by atoms with van der Waals surface area (Å²) in [7, 11) is -4.22. The first-order valence-electron chi connectivity index (χ1n) is 5.74. The Balaban J connectivity index is 2.34. The molecule has 0 radical (unpaired) electrons. The molecular formula is C11H11FN4O4S. The number of benzene rings is 1. The highest BCUT2D eigenvalue weighted by Gasteiger charge is 2.29. The first-order chi connectivity index (χ1) is 9.83. The van der Waals surface area contributed by atoms with E-state index in [0.717, 1.165) is 18.2 Å². The van der Waals surface area contributed by atoms with Crippen molar-refractivity contribution < 1.29 is 17.7 Å². The molecule has 0 spiro atoms. The van der Waals surface area contributed by atoms with E-state index < -0.39 is 31.3 Å². The zero-order chi connectivity index (χ0) is 15.6. The number of nitrogens with one attached hydrogen (secondary N) is 2. The number of sulfonamides is 1. The summed E-state index contributed by atoms with van der Waals surface area (Å²) in [5, 5.41) is 17.2. The smallest absolute Gasteiger partial charge is 0.283 e. The molecule has 2 aromatic rings. The summed E-state index contributed by atoms with van der Waals surface area (Å²) in [5.74, 6) is -1.21. The highest BCUT2D eigenvalue weighted by atomic mass is 32.2. The minimum Gasteiger partial charge on any atom is -0.283 e. The normalized spacial score (nSPS) is 11.5. The minimum absolute atomic E-state index is 0.113. The van der Waals surface area contributed by atoms with Gasteiger partial charge in [-0.05, 0) is 19.1 Å². The Morgan fingerprint density at radius 3 is 2.76 bits per heavy atom. The number of aryl methyl sites for hydroxylation is 1. The highest BCUT2D eigenvalue weighted by molar-refractivity contribution is 7.89. The second kappa shape index (κ2) is 5.58. The van der Waals surface area contributed by atoms with Gasteiger partial charge in [0.2, 0.25) is 15.8 Å². The van der Waals surface area contributed by atoms with Gasteiger partial charge in [-0.25, -0.2) is 13.1 Å². The van der Waals surface area contributed by atoms with Gasteiger partial charge in [0.25, 0.3) is 0 Å². The van der Waals surface area contributed by atoms with E-state index in [4.69, 9.17) is 0 Å². The Hall–Kier alpha value is -2.33. The predicted octanol–water partition coefficient (Wildman–Crippen LogP) is 1.24. The topological polar surface area (TPSA) is 118 Å². The SMILES string of the molecule is Cc1[nH]ncc1CNS(=O)(=O)c1cccc(F)c1[N+](=O)[O-]. The van der Waals surface area contributed by atoms with Crippen LogP contribution in [-0.4, -0.2) is 23.5 Å². The quantitative estimate of drug-likeness (QED) is 0.636. The molecule has 2 N–H and O–H groups in total. The molecule has 10 heteroatoms. The van der Waals surface area contributed by atoms with Crippen LogP contribution in [0, 0.1) is 22.9 Å². The maximum atomic E-state index is 13.5. The standard InChI is InChI=1S/C11H11FN4O4S/c1-7-8(5-13-15-7)6-14-21(19,20)10-4-2-3-9(12)11(10)16(17)18/h2-5,14H,6H2,1H3,(H,13,15). The molecule has 0 aliphatic heterocycles. The van der Waals surface area contributed by atoms with Crippen LogP contribution in [0.25, 0.3) is 0 Å². The van der Waals surface area contributed by atoms with Crippen LogP contribution >= 0.6 is 0 Å². The molecule has 1 aromatic carbocycles. The van der Waals surface area contributed by atoms with Crippen LogP contribution in [-0.2, 0) is 16.6 Å². The molecule has 0 amide bonds. The molecule has 0 saturated heterocycles. The Kier molecular flexibility index (Phi) is 4.00. The summed E-state index contributed by atoms with van der Waals surface area (Å²) in [6.45, 7) is 1.58. The largest absolute Gasteiger partial charge is 0.324 e. The van der Waals surface area contributed by atoms with Crippen molar-refractivity contribution in [2.24, 2.45) is 0 Å². The van der Waals surface area contributed by atoms with Crippen LogP contribution in [0.4, 0.5) is 10.1 Å². The van der Waals surface area contributed by atoms with E-state index >= 15 is 0 Å². The van der Waals surface area contributed by atoms with E-state index in [1.165, 1.54) is 6.20 Å². The summed E-state index contributed by atoms with van der Waals surface area (Å²) in [4.78, 5) is 9.06. The van der Waals surface area contributed by atoms with Gasteiger partial charge in [0, 0.05) is 17.8 Å². The zero-order valence-electron chi connectivity index (χ0n) is 10.8. The van der Waals surface area contributed by atoms with Crippen LogP contribution in [0.2, 0.25) is 0 Å². The van der Waals surface area contributed by atoms with E-state index in [0.29, 0.717) is 11.3 Å². The molecule has 21 heavy (non-hydrogen) atoms. The number of nitro benzene ring substituents is 1. The molecule has 2 rings (SSSR count). The molecule has 1 heterocycles. The van der Waals surface area contributed by atoms with Gasteiger partial charge in [0.1, 0.15) is 0 Å². The lowest BCUT2D eigenvalue weighted by molar-refractivity contribution is -0.390. The molecule has 112 valence electrons. The van der Waals surface area contributed by atoms with Gasteiger partial charge >= 0.3 is 5.69 Å². The molecule has 0 atom stereocenters. The van der Waals surface area contributed by atoms with Crippen LogP contribution in [0.5, 0.6) is 0 Å². The second-order valence-corrected chi connectivity index (χ2v) is 5.92. The van der Waals surface area contributed by atoms with Crippen molar-refractivity contribution in [3.8, 4) is 0 Å². The van der Waals surface area contributed by atoms with E-state index in [9.17, 15) is 22.9 Å². The van der Waals surface area contributed by atoms with Gasteiger partial charge in [-0.3, -0.25) is 15.2 Å². The summed E-state index contributed by atoms with van der Waals surface area (Å²) >= 11 is 0. The maximum Gasteiger partial charge on any atom is 0.324 e. The molecule has 0 aliphatic carbocycles. The summed E-state index contributed by atoms with van der Waals surface area (Å²) in [6.07, 6.45) is 1.43. The van der Waals surface area contributed by atoms with Gasteiger partial charge in [-0.15, -0.1) is 0 Å². The van der Waals surface area contributed by atoms with Gasteiger partial charge in [-0.1, -0.05) is 6.07 Å². The fourth-order valence-electron chi connectivity index (χ4n) is 1.69. The molecule has 1 aromatic heterocycles. The number of aromatic nitrogens is 2. The molecule has 0 bridgehead atoms. The van der Waals surface area contributed by atoms with Crippen molar-refractivity contribution in [3.05, 3.63) is 51.6 Å². The van der Waals surface area contributed by atoms with Crippen molar-refractivity contribution >= 4 is 15.7 Å². The van der Waals surface area contributed by atoms with Crippen molar-refractivity contribution in [2.75, 3.05) is 0 Å². The maximum absolute atomic E-state index is 13.5. The highest BCUT2D eigenvalue weighted by Crippen LogP contribution is 2.26. The molecule has 8 nitrogen and oxygen atoms in total. The van der Waals surface area contributed by atoms with E-state index in [2.05, 4.69) is 14.9 Å². The number of nitro groups is 1. The van der Waals surface area contributed by atoms with Crippen molar-refractivity contribution in [1.82, 2.24) is 14.9 Å². The fraction of sp³-hybridized carbons (Fsp3) is 0.182. The third-order valence-corrected chi connectivity index (χ3v) is 4.24. The number of halogens is 1.